The first-order chi connectivity index (χ1) is 9.19. The molecule has 0 saturated carbocycles. The fourth-order valence-corrected chi connectivity index (χ4v) is 2.51. The summed E-state index contributed by atoms with van der Waals surface area (Å²) in [4.78, 5) is 2.51. The Morgan fingerprint density at radius 1 is 1.42 bits per heavy atom. The molecule has 0 aliphatic carbocycles. The van der Waals surface area contributed by atoms with Crippen molar-refractivity contribution in [3.05, 3.63) is 0 Å². The molecule has 2 atom stereocenters. The van der Waals surface area contributed by atoms with Gasteiger partial charge in [-0.05, 0) is 40.2 Å². The molecule has 2 unspecified atom stereocenters. The molecule has 1 N–H and O–H groups in total. The standard InChI is InChI=1S/C16H30N2O/c1-5-7-8-9-15(17-10-6-2)16-13-18(14(3)4)11-12-19-16/h14-17H,6,8-13H2,1-4H3. The third kappa shape index (κ3) is 5.95. The fourth-order valence-electron chi connectivity index (χ4n) is 2.51. The molecule has 19 heavy (non-hydrogen) atoms. The molecule has 0 bridgehead atoms. The summed E-state index contributed by atoms with van der Waals surface area (Å²) < 4.78 is 6.00. The summed E-state index contributed by atoms with van der Waals surface area (Å²) in [6, 6.07) is 1.04. The van der Waals surface area contributed by atoms with Gasteiger partial charge in [-0.2, -0.15) is 0 Å². The summed E-state index contributed by atoms with van der Waals surface area (Å²) in [6.45, 7) is 12.7. The Bertz CT molecular complexity index is 293. The first-order valence-corrected chi connectivity index (χ1v) is 7.67. The van der Waals surface area contributed by atoms with E-state index in [1.54, 1.807) is 0 Å². The first kappa shape index (κ1) is 16.5. The van der Waals surface area contributed by atoms with E-state index in [9.17, 15) is 0 Å². The van der Waals surface area contributed by atoms with Crippen LogP contribution in [0.3, 0.4) is 0 Å². The van der Waals surface area contributed by atoms with Crippen LogP contribution in [0.4, 0.5) is 0 Å². The highest BCUT2D eigenvalue weighted by Gasteiger charge is 2.28. The van der Waals surface area contributed by atoms with Crippen LogP contribution >= 0.6 is 0 Å². The highest BCUT2D eigenvalue weighted by atomic mass is 16.5. The number of morpholine rings is 1. The molecule has 0 amide bonds. The summed E-state index contributed by atoms with van der Waals surface area (Å²) in [5.41, 5.74) is 0. The lowest BCUT2D eigenvalue weighted by Gasteiger charge is -2.39. The Morgan fingerprint density at radius 3 is 2.84 bits per heavy atom. The van der Waals surface area contributed by atoms with Crippen molar-refractivity contribution in [2.24, 2.45) is 0 Å². The van der Waals surface area contributed by atoms with Gasteiger partial charge in [0, 0.05) is 31.6 Å². The van der Waals surface area contributed by atoms with E-state index in [1.807, 2.05) is 6.92 Å². The van der Waals surface area contributed by atoms with Gasteiger partial charge < -0.3 is 10.1 Å². The molecule has 1 fully saturated rings. The molecule has 3 heteroatoms. The minimum Gasteiger partial charge on any atom is -0.374 e. The van der Waals surface area contributed by atoms with Crippen LogP contribution in [0.25, 0.3) is 0 Å². The van der Waals surface area contributed by atoms with Crippen LogP contribution in [-0.4, -0.2) is 49.3 Å². The lowest BCUT2D eigenvalue weighted by molar-refractivity contribution is -0.0562. The van der Waals surface area contributed by atoms with E-state index < -0.39 is 0 Å². The van der Waals surface area contributed by atoms with Gasteiger partial charge in [0.15, 0.2) is 0 Å². The zero-order valence-corrected chi connectivity index (χ0v) is 13.0. The van der Waals surface area contributed by atoms with Crippen molar-refractivity contribution >= 4 is 0 Å². The monoisotopic (exact) mass is 266 g/mol. The average Bonchev–Trinajstić information content (AvgIpc) is 2.43. The van der Waals surface area contributed by atoms with Crippen molar-refractivity contribution in [3.8, 4) is 11.8 Å². The van der Waals surface area contributed by atoms with Gasteiger partial charge in [-0.25, -0.2) is 0 Å². The Morgan fingerprint density at radius 2 is 2.21 bits per heavy atom. The lowest BCUT2D eigenvalue weighted by Crippen LogP contribution is -2.53. The Labute approximate surface area is 119 Å². The van der Waals surface area contributed by atoms with Gasteiger partial charge >= 0.3 is 0 Å². The number of ether oxygens (including phenoxy) is 1. The van der Waals surface area contributed by atoms with Crippen molar-refractivity contribution in [1.29, 1.82) is 0 Å². The minimum absolute atomic E-state index is 0.307. The van der Waals surface area contributed by atoms with E-state index >= 15 is 0 Å². The van der Waals surface area contributed by atoms with Crippen LogP contribution in [0.5, 0.6) is 0 Å². The molecular formula is C16H30N2O. The van der Waals surface area contributed by atoms with Crippen LogP contribution in [-0.2, 0) is 4.74 Å². The summed E-state index contributed by atoms with van der Waals surface area (Å²) in [5, 5.41) is 3.64. The van der Waals surface area contributed by atoms with E-state index in [2.05, 4.69) is 42.8 Å². The largest absolute Gasteiger partial charge is 0.374 e. The summed E-state index contributed by atoms with van der Waals surface area (Å²) in [7, 11) is 0. The number of nitrogens with zero attached hydrogens (tertiary/aromatic N) is 1. The highest BCUT2D eigenvalue weighted by molar-refractivity contribution is 4.97. The Kier molecular flexibility index (Phi) is 8.13. The molecule has 1 heterocycles. The number of rotatable bonds is 7. The number of hydrogen-bond donors (Lipinski definition) is 1. The molecule has 1 aliphatic rings. The number of nitrogens with one attached hydrogen (secondary N) is 1. The van der Waals surface area contributed by atoms with Crippen LogP contribution in [0.2, 0.25) is 0 Å². The van der Waals surface area contributed by atoms with E-state index in [0.29, 0.717) is 18.2 Å². The molecule has 0 radical (unpaired) electrons. The van der Waals surface area contributed by atoms with Gasteiger partial charge in [0.25, 0.3) is 0 Å². The Balaban J connectivity index is 2.52. The van der Waals surface area contributed by atoms with Crippen LogP contribution < -0.4 is 5.32 Å². The van der Waals surface area contributed by atoms with Gasteiger partial charge in [0.05, 0.1) is 12.7 Å². The SMILES string of the molecule is CC#CCCC(NCCC)C1CN(C(C)C)CCO1. The van der Waals surface area contributed by atoms with E-state index in [4.69, 9.17) is 4.74 Å². The third-order valence-electron chi connectivity index (χ3n) is 3.72. The van der Waals surface area contributed by atoms with Crippen molar-refractivity contribution in [2.75, 3.05) is 26.2 Å². The van der Waals surface area contributed by atoms with Crippen LogP contribution in [0.1, 0.15) is 47.0 Å². The maximum absolute atomic E-state index is 6.00. The number of hydrogen-bond acceptors (Lipinski definition) is 3. The van der Waals surface area contributed by atoms with E-state index in [1.165, 1.54) is 0 Å². The van der Waals surface area contributed by atoms with Gasteiger partial charge in [0.1, 0.15) is 0 Å². The van der Waals surface area contributed by atoms with E-state index in [-0.39, 0.29) is 0 Å². The minimum atomic E-state index is 0.307. The topological polar surface area (TPSA) is 24.5 Å². The normalized spacial score (nSPS) is 22.1. The van der Waals surface area contributed by atoms with Gasteiger partial charge in [-0.1, -0.05) is 6.92 Å². The second-order valence-corrected chi connectivity index (χ2v) is 5.52. The molecule has 0 aromatic rings. The molecule has 3 nitrogen and oxygen atoms in total. The second-order valence-electron chi connectivity index (χ2n) is 5.52. The van der Waals surface area contributed by atoms with Gasteiger partial charge in [0.2, 0.25) is 0 Å². The molecule has 0 spiro atoms. The van der Waals surface area contributed by atoms with Gasteiger partial charge in [-0.15, -0.1) is 11.8 Å². The van der Waals surface area contributed by atoms with Crippen molar-refractivity contribution < 1.29 is 4.74 Å². The molecule has 1 aliphatic heterocycles. The predicted octanol–water partition coefficient (Wildman–Crippen LogP) is 2.27. The lowest BCUT2D eigenvalue weighted by atomic mass is 10.0. The zero-order valence-electron chi connectivity index (χ0n) is 13.0. The van der Waals surface area contributed by atoms with Crippen LogP contribution in [0, 0.1) is 11.8 Å². The van der Waals surface area contributed by atoms with Crippen molar-refractivity contribution in [2.45, 2.75) is 65.1 Å². The summed E-state index contributed by atoms with van der Waals surface area (Å²) in [6.07, 6.45) is 3.51. The molecule has 0 aromatic carbocycles. The van der Waals surface area contributed by atoms with Gasteiger partial charge in [-0.3, -0.25) is 4.90 Å². The zero-order chi connectivity index (χ0) is 14.1. The van der Waals surface area contributed by atoms with Crippen molar-refractivity contribution in [3.63, 3.8) is 0 Å². The highest BCUT2D eigenvalue weighted by Crippen LogP contribution is 2.15. The smallest absolute Gasteiger partial charge is 0.0855 e. The molecular weight excluding hydrogens is 236 g/mol. The quantitative estimate of drug-likeness (QED) is 0.715. The van der Waals surface area contributed by atoms with Crippen LogP contribution in [0.15, 0.2) is 0 Å². The maximum atomic E-state index is 6.00. The molecule has 1 saturated heterocycles. The molecule has 110 valence electrons. The van der Waals surface area contributed by atoms with Crippen molar-refractivity contribution in [1.82, 2.24) is 10.2 Å². The molecule has 0 aromatic heterocycles. The predicted molar refractivity (Wildman–Crippen MR) is 81.2 cm³/mol. The summed E-state index contributed by atoms with van der Waals surface area (Å²) >= 11 is 0. The first-order valence-electron chi connectivity index (χ1n) is 7.67. The summed E-state index contributed by atoms with van der Waals surface area (Å²) in [5.74, 6) is 6.15. The molecule has 1 rings (SSSR count). The average molecular weight is 266 g/mol. The second kappa shape index (κ2) is 9.36. The van der Waals surface area contributed by atoms with E-state index in [0.717, 1.165) is 45.5 Å². The fraction of sp³-hybridized carbons (Fsp3) is 0.875. The maximum Gasteiger partial charge on any atom is 0.0855 e. The Hall–Kier alpha value is -0.560. The third-order valence-corrected chi connectivity index (χ3v) is 3.72.